The average molecular weight is 540 g/mol. The molecule has 5 unspecified atom stereocenters. The Balaban J connectivity index is 1.14. The van der Waals surface area contributed by atoms with Crippen molar-refractivity contribution >= 4 is 22.1 Å². The number of nitrogens with one attached hydrogen (secondary N) is 1. The summed E-state index contributed by atoms with van der Waals surface area (Å²) in [6.45, 7) is 4.98. The molecule has 5 atom stereocenters. The maximum absolute atomic E-state index is 3.93. The Morgan fingerprint density at radius 3 is 2.22 bits per heavy atom. The van der Waals surface area contributed by atoms with E-state index in [0.717, 1.165) is 35.5 Å². The van der Waals surface area contributed by atoms with Gasteiger partial charge >= 0.3 is 0 Å². The quantitative estimate of drug-likeness (QED) is 0.266. The Bertz CT molecular complexity index is 1560. The van der Waals surface area contributed by atoms with Crippen LogP contribution >= 0.6 is 0 Å². The van der Waals surface area contributed by atoms with Gasteiger partial charge in [0.15, 0.2) is 0 Å². The summed E-state index contributed by atoms with van der Waals surface area (Å²) in [5, 5.41) is 6.81. The summed E-state index contributed by atoms with van der Waals surface area (Å²) in [4.78, 5) is 0. The number of hydrogen-bond acceptors (Lipinski definition) is 1. The molecular formula is C40H45N. The third-order valence-corrected chi connectivity index (χ3v) is 11.7. The van der Waals surface area contributed by atoms with Crippen molar-refractivity contribution in [3.05, 3.63) is 96.1 Å². The number of benzene rings is 4. The lowest BCUT2D eigenvalue weighted by molar-refractivity contribution is 0.0785. The monoisotopic (exact) mass is 539 g/mol. The van der Waals surface area contributed by atoms with Crippen LogP contribution in [0, 0.1) is 29.6 Å². The molecule has 1 nitrogen and oxygen atoms in total. The Labute approximate surface area is 246 Å². The molecule has 4 aromatic carbocycles. The molecule has 0 spiro atoms. The van der Waals surface area contributed by atoms with Gasteiger partial charge in [0.25, 0.3) is 0 Å². The van der Waals surface area contributed by atoms with Gasteiger partial charge in [-0.1, -0.05) is 87.0 Å². The van der Waals surface area contributed by atoms with E-state index in [-0.39, 0.29) is 0 Å². The van der Waals surface area contributed by atoms with Crippen LogP contribution in [-0.4, -0.2) is 0 Å². The minimum absolute atomic E-state index is 0.312. The third-order valence-electron chi connectivity index (χ3n) is 11.7. The molecule has 4 aromatic rings. The third kappa shape index (κ3) is 4.52. The fourth-order valence-electron chi connectivity index (χ4n) is 10.5. The summed E-state index contributed by atoms with van der Waals surface area (Å²) in [6, 6.07) is 32.5. The van der Waals surface area contributed by atoms with Crippen LogP contribution in [0.5, 0.6) is 0 Å². The van der Waals surface area contributed by atoms with E-state index in [4.69, 9.17) is 0 Å². The van der Waals surface area contributed by atoms with Gasteiger partial charge in [0.1, 0.15) is 0 Å². The van der Waals surface area contributed by atoms with Crippen LogP contribution in [-0.2, 0) is 5.41 Å². The predicted octanol–water partition coefficient (Wildman–Crippen LogP) is 11.3. The van der Waals surface area contributed by atoms with E-state index in [1.54, 1.807) is 11.1 Å². The van der Waals surface area contributed by atoms with E-state index >= 15 is 0 Å². The van der Waals surface area contributed by atoms with E-state index in [1.165, 1.54) is 91.1 Å². The summed E-state index contributed by atoms with van der Waals surface area (Å²) >= 11 is 0. The molecule has 210 valence electrons. The Kier molecular flexibility index (Phi) is 6.28. The number of anilines is 2. The first kappa shape index (κ1) is 25.6. The SMILES string of the molecule is CC1CC2CC(C)CC(c3ccccc3Nc3cccc(-c4ccc(C5CC6CCC5C6)c5ccccc45)c3)(C1)C2. The van der Waals surface area contributed by atoms with Crippen molar-refractivity contribution in [1.29, 1.82) is 0 Å². The van der Waals surface area contributed by atoms with E-state index in [2.05, 4.69) is 104 Å². The van der Waals surface area contributed by atoms with Crippen LogP contribution in [0.1, 0.15) is 88.7 Å². The van der Waals surface area contributed by atoms with Crippen molar-refractivity contribution in [2.75, 3.05) is 5.32 Å². The van der Waals surface area contributed by atoms with Gasteiger partial charge in [-0.05, 0) is 144 Å². The van der Waals surface area contributed by atoms with Gasteiger partial charge in [0, 0.05) is 11.4 Å². The highest BCUT2D eigenvalue weighted by Gasteiger charge is 2.46. The standard InChI is InChI=1S/C40H45N/c1-26-18-29-19-27(2)24-40(23-26,25-29)38-12-5-6-13-39(38)41-32-9-7-8-30(22-32)33-16-17-36(35-11-4-3-10-34(33)35)37-21-28-14-15-31(37)20-28/h3-13,16-17,22,26-29,31,37,41H,14-15,18-21,23-25H2,1-2H3. The van der Waals surface area contributed by atoms with E-state index < -0.39 is 0 Å². The lowest BCUT2D eigenvalue weighted by Crippen LogP contribution is -2.42. The second kappa shape index (κ2) is 10.0. The molecule has 4 saturated carbocycles. The highest BCUT2D eigenvalue weighted by atomic mass is 14.9. The molecule has 1 N–H and O–H groups in total. The highest BCUT2D eigenvalue weighted by molar-refractivity contribution is 5.99. The first-order valence-corrected chi connectivity index (χ1v) is 16.5. The molecular weight excluding hydrogens is 494 g/mol. The second-order valence-electron chi connectivity index (χ2n) is 14.7. The Morgan fingerprint density at radius 1 is 0.659 bits per heavy atom. The maximum atomic E-state index is 3.93. The first-order valence-electron chi connectivity index (χ1n) is 16.5. The highest BCUT2D eigenvalue weighted by Crippen LogP contribution is 2.56. The molecule has 0 radical (unpaired) electrons. The van der Waals surface area contributed by atoms with Gasteiger partial charge in [-0.3, -0.25) is 0 Å². The molecule has 0 heterocycles. The first-order chi connectivity index (χ1) is 20.0. The van der Waals surface area contributed by atoms with Gasteiger partial charge in [-0.2, -0.15) is 0 Å². The molecule has 0 aromatic heterocycles. The van der Waals surface area contributed by atoms with Crippen LogP contribution in [0.2, 0.25) is 0 Å². The van der Waals surface area contributed by atoms with Crippen LogP contribution in [0.15, 0.2) is 84.9 Å². The molecule has 4 bridgehead atoms. The average Bonchev–Trinajstić information content (AvgIpc) is 3.60. The van der Waals surface area contributed by atoms with Gasteiger partial charge in [0.05, 0.1) is 0 Å². The summed E-state index contributed by atoms with van der Waals surface area (Å²) in [5.41, 5.74) is 8.62. The number of fused-ring (bicyclic) bond motifs is 5. The minimum Gasteiger partial charge on any atom is -0.355 e. The molecule has 0 amide bonds. The number of hydrogen-bond donors (Lipinski definition) is 1. The lowest BCUT2D eigenvalue weighted by atomic mass is 9.54. The number of rotatable bonds is 5. The summed E-state index contributed by atoms with van der Waals surface area (Å²) in [5.74, 6) is 5.13. The largest absolute Gasteiger partial charge is 0.355 e. The zero-order valence-corrected chi connectivity index (χ0v) is 24.9. The number of para-hydroxylation sites is 1. The topological polar surface area (TPSA) is 12.0 Å². The predicted molar refractivity (Wildman–Crippen MR) is 174 cm³/mol. The van der Waals surface area contributed by atoms with Crippen LogP contribution in [0.25, 0.3) is 21.9 Å². The second-order valence-corrected chi connectivity index (χ2v) is 14.7. The molecule has 1 heteroatoms. The molecule has 0 aliphatic heterocycles. The molecule has 4 aliphatic carbocycles. The summed E-state index contributed by atoms with van der Waals surface area (Å²) in [7, 11) is 0. The lowest BCUT2D eigenvalue weighted by Gasteiger charge is -2.51. The smallest absolute Gasteiger partial charge is 0.0422 e. The summed E-state index contributed by atoms with van der Waals surface area (Å²) < 4.78 is 0. The maximum Gasteiger partial charge on any atom is 0.0422 e. The van der Waals surface area contributed by atoms with Crippen molar-refractivity contribution in [1.82, 2.24) is 0 Å². The molecule has 8 rings (SSSR count). The fourth-order valence-corrected chi connectivity index (χ4v) is 10.5. The Morgan fingerprint density at radius 2 is 1.44 bits per heavy atom. The van der Waals surface area contributed by atoms with Crippen molar-refractivity contribution in [3.8, 4) is 11.1 Å². The van der Waals surface area contributed by atoms with Gasteiger partial charge in [-0.15, -0.1) is 0 Å². The van der Waals surface area contributed by atoms with E-state index in [0.29, 0.717) is 5.41 Å². The van der Waals surface area contributed by atoms with Crippen LogP contribution in [0.4, 0.5) is 11.4 Å². The Hall–Kier alpha value is -3.06. The van der Waals surface area contributed by atoms with Crippen molar-refractivity contribution in [2.24, 2.45) is 29.6 Å². The molecule has 0 saturated heterocycles. The van der Waals surface area contributed by atoms with Gasteiger partial charge < -0.3 is 5.32 Å². The van der Waals surface area contributed by atoms with Crippen LogP contribution < -0.4 is 5.32 Å². The zero-order valence-electron chi connectivity index (χ0n) is 24.9. The van der Waals surface area contributed by atoms with Gasteiger partial charge in [0.2, 0.25) is 0 Å². The van der Waals surface area contributed by atoms with Crippen molar-refractivity contribution in [2.45, 2.75) is 83.0 Å². The molecule has 4 fully saturated rings. The molecule has 4 aliphatic rings. The van der Waals surface area contributed by atoms with E-state index in [9.17, 15) is 0 Å². The molecule has 41 heavy (non-hydrogen) atoms. The minimum atomic E-state index is 0.312. The van der Waals surface area contributed by atoms with Crippen LogP contribution in [0.3, 0.4) is 0 Å². The van der Waals surface area contributed by atoms with Crippen molar-refractivity contribution in [3.63, 3.8) is 0 Å². The van der Waals surface area contributed by atoms with E-state index in [1.807, 2.05) is 0 Å². The normalized spacial score (nSPS) is 32.3. The zero-order chi connectivity index (χ0) is 27.6. The van der Waals surface area contributed by atoms with Gasteiger partial charge in [-0.25, -0.2) is 0 Å². The fraction of sp³-hybridized carbons (Fsp3) is 0.450. The summed E-state index contributed by atoms with van der Waals surface area (Å²) in [6.07, 6.45) is 12.6. The van der Waals surface area contributed by atoms with Crippen molar-refractivity contribution < 1.29 is 0 Å².